The number of para-hydroxylation sites is 1. The third kappa shape index (κ3) is 8.54. The zero-order valence-electron chi connectivity index (χ0n) is 22.1. The number of carboxylic acid groups (broad SMARTS) is 1. The number of hydrogen-bond donors (Lipinski definition) is 8. The van der Waals surface area contributed by atoms with Gasteiger partial charge >= 0.3 is 5.97 Å². The molecular weight excluding hydrogens is 492 g/mol. The summed E-state index contributed by atoms with van der Waals surface area (Å²) in [6, 6.07) is 2.99. The first kappa shape index (κ1) is 30.7. The average molecular weight is 533 g/mol. The van der Waals surface area contributed by atoms with E-state index in [1.165, 1.54) is 6.92 Å². The Hall–Kier alpha value is -3.48. The summed E-state index contributed by atoms with van der Waals surface area (Å²) < 4.78 is 0. The van der Waals surface area contributed by atoms with E-state index in [0.717, 1.165) is 16.5 Å². The van der Waals surface area contributed by atoms with Crippen LogP contribution in [0, 0.1) is 5.92 Å². The second kappa shape index (κ2) is 14.5. The Labute approximate surface area is 221 Å². The highest BCUT2D eigenvalue weighted by Gasteiger charge is 2.33. The van der Waals surface area contributed by atoms with Gasteiger partial charge in [-0.25, -0.2) is 4.79 Å². The molecule has 0 aliphatic heterocycles. The van der Waals surface area contributed by atoms with Crippen molar-refractivity contribution in [3.8, 4) is 0 Å². The molecule has 38 heavy (non-hydrogen) atoms. The number of carbonyl (C=O) groups excluding carboxylic acids is 3. The Morgan fingerprint density at radius 3 is 2.21 bits per heavy atom. The van der Waals surface area contributed by atoms with E-state index in [0.29, 0.717) is 19.4 Å². The first-order valence-corrected chi connectivity index (χ1v) is 12.8. The van der Waals surface area contributed by atoms with Crippen LogP contribution in [0.2, 0.25) is 0 Å². The topological polar surface area (TPSA) is 213 Å². The van der Waals surface area contributed by atoms with Crippen molar-refractivity contribution < 1.29 is 29.4 Å². The van der Waals surface area contributed by atoms with Crippen molar-refractivity contribution >= 4 is 34.6 Å². The molecule has 1 heterocycles. The van der Waals surface area contributed by atoms with Crippen LogP contribution < -0.4 is 27.4 Å². The van der Waals surface area contributed by atoms with Crippen LogP contribution in [0.3, 0.4) is 0 Å². The van der Waals surface area contributed by atoms with Crippen molar-refractivity contribution in [1.29, 1.82) is 0 Å². The minimum atomic E-state index is -1.43. The molecule has 0 saturated heterocycles. The lowest BCUT2D eigenvalue weighted by Gasteiger charge is -2.27. The van der Waals surface area contributed by atoms with Crippen molar-refractivity contribution in [2.24, 2.45) is 17.4 Å². The molecule has 2 rings (SSSR count). The molecule has 0 saturated carbocycles. The number of benzene rings is 1. The van der Waals surface area contributed by atoms with Gasteiger partial charge in [0.15, 0.2) is 0 Å². The molecule has 1 aromatic carbocycles. The Kier molecular flexibility index (Phi) is 11.7. The van der Waals surface area contributed by atoms with Crippen LogP contribution in [0.5, 0.6) is 0 Å². The molecule has 0 aliphatic carbocycles. The Balaban J connectivity index is 2.12. The summed E-state index contributed by atoms with van der Waals surface area (Å²) in [7, 11) is 0. The minimum absolute atomic E-state index is 0.229. The molecule has 5 unspecified atom stereocenters. The number of fused-ring (bicyclic) bond motifs is 1. The highest BCUT2D eigenvalue weighted by Crippen LogP contribution is 2.19. The smallest absolute Gasteiger partial charge is 0.326 e. The maximum atomic E-state index is 13.1. The minimum Gasteiger partial charge on any atom is -0.480 e. The number of aromatic nitrogens is 1. The summed E-state index contributed by atoms with van der Waals surface area (Å²) in [5.74, 6) is -3.76. The maximum absolute atomic E-state index is 13.1. The lowest BCUT2D eigenvalue weighted by atomic mass is 10.0. The summed E-state index contributed by atoms with van der Waals surface area (Å²) in [5.41, 5.74) is 13.5. The normalized spacial score (nSPS) is 15.3. The number of H-pyrrole nitrogens is 1. The number of amides is 3. The number of nitrogens with two attached hydrogens (primary N) is 2. The number of aliphatic hydroxyl groups excluding tert-OH is 1. The predicted octanol–water partition coefficient (Wildman–Crippen LogP) is -0.257. The van der Waals surface area contributed by atoms with Gasteiger partial charge in [-0.05, 0) is 56.7 Å². The van der Waals surface area contributed by atoms with Gasteiger partial charge in [0.05, 0.1) is 12.1 Å². The molecular formula is C26H40N6O6. The molecule has 1 aromatic heterocycles. The summed E-state index contributed by atoms with van der Waals surface area (Å²) in [6.07, 6.45) is 2.05. The number of aliphatic carboxylic acids is 1. The molecule has 10 N–H and O–H groups in total. The third-order valence-corrected chi connectivity index (χ3v) is 6.32. The fraction of sp³-hybridized carbons (Fsp3) is 0.538. The summed E-state index contributed by atoms with van der Waals surface area (Å²) in [4.78, 5) is 53.5. The number of unbranched alkanes of at least 4 members (excludes halogenated alkanes) is 1. The van der Waals surface area contributed by atoms with E-state index in [1.54, 1.807) is 20.0 Å². The predicted molar refractivity (Wildman–Crippen MR) is 143 cm³/mol. The van der Waals surface area contributed by atoms with Crippen molar-refractivity contribution in [3.05, 3.63) is 36.0 Å². The fourth-order valence-corrected chi connectivity index (χ4v) is 4.09. The van der Waals surface area contributed by atoms with Crippen LogP contribution in [-0.2, 0) is 25.6 Å². The highest BCUT2D eigenvalue weighted by molar-refractivity contribution is 5.94. The molecule has 2 aromatic rings. The number of hydrogen-bond acceptors (Lipinski definition) is 7. The SMILES string of the molecule is CC(C)C(NC(=O)C(NC(=O)C(CCCCN)NC(=O)C(N)Cc1c[nH]c2ccccc12)C(C)O)C(=O)O. The number of aliphatic hydroxyl groups is 1. The molecule has 12 heteroatoms. The molecule has 0 bridgehead atoms. The van der Waals surface area contributed by atoms with Gasteiger partial charge in [-0.2, -0.15) is 0 Å². The number of aromatic amines is 1. The number of carbonyl (C=O) groups is 4. The van der Waals surface area contributed by atoms with Crippen molar-refractivity contribution in [2.45, 2.75) is 76.7 Å². The summed E-state index contributed by atoms with van der Waals surface area (Å²) in [5, 5.41) is 28.0. The lowest BCUT2D eigenvalue weighted by molar-refractivity contribution is -0.144. The van der Waals surface area contributed by atoms with E-state index in [9.17, 15) is 29.4 Å². The second-order valence-corrected chi connectivity index (χ2v) is 9.81. The number of nitrogens with one attached hydrogen (secondary N) is 4. The monoisotopic (exact) mass is 532 g/mol. The summed E-state index contributed by atoms with van der Waals surface area (Å²) in [6.45, 7) is 4.94. The largest absolute Gasteiger partial charge is 0.480 e. The Morgan fingerprint density at radius 1 is 0.947 bits per heavy atom. The molecule has 0 fully saturated rings. The molecule has 3 amide bonds. The van der Waals surface area contributed by atoms with Crippen LogP contribution in [-0.4, -0.2) is 75.7 Å². The number of carboxylic acids is 1. The zero-order valence-corrected chi connectivity index (χ0v) is 22.1. The maximum Gasteiger partial charge on any atom is 0.326 e. The van der Waals surface area contributed by atoms with Gasteiger partial charge < -0.3 is 42.6 Å². The van der Waals surface area contributed by atoms with Gasteiger partial charge in [0.25, 0.3) is 0 Å². The standard InChI is InChI=1S/C26H40N6O6/c1-14(2)21(26(37)38)31-25(36)22(15(3)33)32-24(35)20(10-6-7-11-27)30-23(34)18(28)12-16-13-29-19-9-5-4-8-17(16)19/h4-5,8-9,13-15,18,20-22,29,33H,6-7,10-12,27-28H2,1-3H3,(H,30,34)(H,31,36)(H,32,35)(H,37,38). The first-order chi connectivity index (χ1) is 18.0. The van der Waals surface area contributed by atoms with Crippen molar-refractivity contribution in [2.75, 3.05) is 6.54 Å². The molecule has 0 aliphatic rings. The lowest BCUT2D eigenvalue weighted by Crippen LogP contribution is -2.60. The Bertz CT molecular complexity index is 1100. The number of rotatable bonds is 15. The van der Waals surface area contributed by atoms with Crippen LogP contribution in [0.4, 0.5) is 0 Å². The molecule has 0 radical (unpaired) electrons. The van der Waals surface area contributed by atoms with Crippen molar-refractivity contribution in [1.82, 2.24) is 20.9 Å². The molecule has 5 atom stereocenters. The van der Waals surface area contributed by atoms with E-state index in [4.69, 9.17) is 11.5 Å². The summed E-state index contributed by atoms with van der Waals surface area (Å²) >= 11 is 0. The van der Waals surface area contributed by atoms with Crippen LogP contribution in [0.1, 0.15) is 45.6 Å². The van der Waals surface area contributed by atoms with E-state index in [-0.39, 0.29) is 12.8 Å². The van der Waals surface area contributed by atoms with Gasteiger partial charge in [-0.15, -0.1) is 0 Å². The van der Waals surface area contributed by atoms with E-state index < -0.39 is 59.9 Å². The van der Waals surface area contributed by atoms with E-state index in [2.05, 4.69) is 20.9 Å². The average Bonchev–Trinajstić information content (AvgIpc) is 3.26. The van der Waals surface area contributed by atoms with Gasteiger partial charge in [-0.3, -0.25) is 14.4 Å². The van der Waals surface area contributed by atoms with E-state index >= 15 is 0 Å². The van der Waals surface area contributed by atoms with Gasteiger partial charge in [-0.1, -0.05) is 32.0 Å². The molecule has 0 spiro atoms. The van der Waals surface area contributed by atoms with Gasteiger partial charge in [0.2, 0.25) is 17.7 Å². The van der Waals surface area contributed by atoms with E-state index in [1.807, 2.05) is 24.3 Å². The first-order valence-electron chi connectivity index (χ1n) is 12.8. The fourth-order valence-electron chi connectivity index (χ4n) is 4.09. The van der Waals surface area contributed by atoms with Gasteiger partial charge in [0, 0.05) is 17.1 Å². The van der Waals surface area contributed by atoms with Gasteiger partial charge in [0.1, 0.15) is 18.1 Å². The molecule has 210 valence electrons. The van der Waals surface area contributed by atoms with Crippen molar-refractivity contribution in [3.63, 3.8) is 0 Å². The zero-order chi connectivity index (χ0) is 28.4. The molecule has 12 nitrogen and oxygen atoms in total. The quantitative estimate of drug-likeness (QED) is 0.143. The van der Waals surface area contributed by atoms with Crippen LogP contribution in [0.15, 0.2) is 30.5 Å². The highest BCUT2D eigenvalue weighted by atomic mass is 16.4. The van der Waals surface area contributed by atoms with Crippen LogP contribution >= 0.6 is 0 Å². The third-order valence-electron chi connectivity index (χ3n) is 6.32. The van der Waals surface area contributed by atoms with Crippen LogP contribution in [0.25, 0.3) is 10.9 Å². The second-order valence-electron chi connectivity index (χ2n) is 9.81. The Morgan fingerprint density at radius 2 is 1.61 bits per heavy atom.